The molecule has 2 heterocycles. The molecule has 0 aromatic carbocycles. The number of thioether (sulfide) groups is 1. The molecule has 20 heavy (non-hydrogen) atoms. The van der Waals surface area contributed by atoms with E-state index in [1.54, 1.807) is 0 Å². The lowest BCUT2D eigenvalue weighted by atomic mass is 10.0. The van der Waals surface area contributed by atoms with Gasteiger partial charge in [0.15, 0.2) is 0 Å². The van der Waals surface area contributed by atoms with E-state index in [0.29, 0.717) is 6.04 Å². The number of hydrogen-bond acceptors (Lipinski definition) is 4. The fourth-order valence-electron chi connectivity index (χ4n) is 3.32. The number of carbonyl (C=O) groups excluding carboxylic acids is 1. The molecule has 2 saturated heterocycles. The number of nitrogens with zero attached hydrogens (tertiary/aromatic N) is 1. The summed E-state index contributed by atoms with van der Waals surface area (Å²) in [5, 5.41) is 6.62. The lowest BCUT2D eigenvalue weighted by molar-refractivity contribution is -0.126. The average molecular weight is 299 g/mol. The molecule has 4 nitrogen and oxygen atoms in total. The van der Waals surface area contributed by atoms with Crippen LogP contribution in [0.15, 0.2) is 0 Å². The molecule has 2 unspecified atom stereocenters. The van der Waals surface area contributed by atoms with Crippen molar-refractivity contribution in [3.8, 4) is 0 Å². The van der Waals surface area contributed by atoms with E-state index in [4.69, 9.17) is 0 Å². The first-order chi connectivity index (χ1) is 9.72. The maximum atomic E-state index is 12.5. The molecular formula is C15H29N3OS. The largest absolute Gasteiger partial charge is 0.351 e. The summed E-state index contributed by atoms with van der Waals surface area (Å²) in [5.41, 5.74) is 0. The molecule has 2 fully saturated rings. The number of nitrogens with one attached hydrogen (secondary N) is 2. The van der Waals surface area contributed by atoms with Crippen LogP contribution in [0.1, 0.15) is 39.5 Å². The van der Waals surface area contributed by atoms with E-state index in [1.165, 1.54) is 19.3 Å². The third-order valence-corrected chi connectivity index (χ3v) is 5.48. The maximum absolute atomic E-state index is 12.5. The Morgan fingerprint density at radius 3 is 2.85 bits per heavy atom. The Bertz CT molecular complexity index is 307. The van der Waals surface area contributed by atoms with Gasteiger partial charge in [-0.3, -0.25) is 9.69 Å². The first kappa shape index (κ1) is 16.1. The molecule has 0 bridgehead atoms. The second-order valence-corrected chi connectivity index (χ2v) is 7.27. The first-order valence-electron chi connectivity index (χ1n) is 8.07. The molecule has 2 aliphatic rings. The van der Waals surface area contributed by atoms with E-state index in [9.17, 15) is 4.79 Å². The third-order valence-electron chi connectivity index (χ3n) is 4.34. The SMILES string of the molecule is CCSCC(C)NC(=O)C1CCCN1C1CCNCC1. The highest BCUT2D eigenvalue weighted by atomic mass is 32.2. The van der Waals surface area contributed by atoms with Gasteiger partial charge in [-0.25, -0.2) is 0 Å². The molecule has 0 radical (unpaired) electrons. The predicted molar refractivity (Wildman–Crippen MR) is 86.2 cm³/mol. The molecule has 116 valence electrons. The zero-order valence-electron chi connectivity index (χ0n) is 12.9. The predicted octanol–water partition coefficient (Wildman–Crippen LogP) is 1.46. The van der Waals surface area contributed by atoms with Gasteiger partial charge in [-0.2, -0.15) is 11.8 Å². The van der Waals surface area contributed by atoms with Crippen LogP contribution in [-0.4, -0.2) is 60.1 Å². The molecule has 0 aliphatic carbocycles. The van der Waals surface area contributed by atoms with E-state index in [0.717, 1.165) is 37.6 Å². The third kappa shape index (κ3) is 4.37. The van der Waals surface area contributed by atoms with Crippen LogP contribution >= 0.6 is 11.8 Å². The quantitative estimate of drug-likeness (QED) is 0.779. The van der Waals surface area contributed by atoms with Crippen LogP contribution in [0.5, 0.6) is 0 Å². The minimum absolute atomic E-state index is 0.118. The number of amides is 1. The van der Waals surface area contributed by atoms with Crippen molar-refractivity contribution >= 4 is 17.7 Å². The smallest absolute Gasteiger partial charge is 0.237 e. The van der Waals surface area contributed by atoms with Gasteiger partial charge in [0, 0.05) is 17.8 Å². The zero-order valence-corrected chi connectivity index (χ0v) is 13.7. The van der Waals surface area contributed by atoms with Crippen LogP contribution in [0, 0.1) is 0 Å². The highest BCUT2D eigenvalue weighted by molar-refractivity contribution is 7.99. The van der Waals surface area contributed by atoms with E-state index < -0.39 is 0 Å². The molecule has 1 amide bonds. The van der Waals surface area contributed by atoms with Crippen LogP contribution in [0.3, 0.4) is 0 Å². The number of likely N-dealkylation sites (tertiary alicyclic amines) is 1. The van der Waals surface area contributed by atoms with Crippen molar-refractivity contribution in [2.45, 2.75) is 57.7 Å². The Morgan fingerprint density at radius 1 is 1.40 bits per heavy atom. The van der Waals surface area contributed by atoms with Gasteiger partial charge in [-0.15, -0.1) is 0 Å². The summed E-state index contributed by atoms with van der Waals surface area (Å²) in [6, 6.07) is 1.00. The van der Waals surface area contributed by atoms with Crippen molar-refractivity contribution in [2.75, 3.05) is 31.1 Å². The van der Waals surface area contributed by atoms with Crippen LogP contribution in [-0.2, 0) is 4.79 Å². The minimum atomic E-state index is 0.118. The molecule has 0 aromatic heterocycles. The summed E-state index contributed by atoms with van der Waals surface area (Å²) in [5.74, 6) is 2.39. The Morgan fingerprint density at radius 2 is 2.15 bits per heavy atom. The van der Waals surface area contributed by atoms with E-state index in [-0.39, 0.29) is 18.0 Å². The summed E-state index contributed by atoms with van der Waals surface area (Å²) in [6.07, 6.45) is 4.57. The lowest BCUT2D eigenvalue weighted by Crippen LogP contribution is -2.52. The summed E-state index contributed by atoms with van der Waals surface area (Å²) in [7, 11) is 0. The average Bonchev–Trinajstić information content (AvgIpc) is 2.95. The van der Waals surface area contributed by atoms with Crippen molar-refractivity contribution in [3.63, 3.8) is 0 Å². The summed E-state index contributed by atoms with van der Waals surface area (Å²) in [4.78, 5) is 15.0. The number of rotatable bonds is 6. The van der Waals surface area contributed by atoms with E-state index >= 15 is 0 Å². The number of piperidine rings is 1. The van der Waals surface area contributed by atoms with Crippen LogP contribution in [0.4, 0.5) is 0 Å². The first-order valence-corrected chi connectivity index (χ1v) is 9.22. The Labute approximate surface area is 127 Å². The van der Waals surface area contributed by atoms with Gasteiger partial charge in [0.1, 0.15) is 0 Å². The maximum Gasteiger partial charge on any atom is 0.237 e. The Kier molecular flexibility index (Phi) is 6.65. The standard InChI is InChI=1S/C15H29N3OS/c1-3-20-11-12(2)17-15(19)14-5-4-10-18(14)13-6-8-16-9-7-13/h12-14,16H,3-11H2,1-2H3,(H,17,19). The highest BCUT2D eigenvalue weighted by Gasteiger charge is 2.35. The van der Waals surface area contributed by atoms with Crippen LogP contribution < -0.4 is 10.6 Å². The van der Waals surface area contributed by atoms with Gasteiger partial charge in [0.25, 0.3) is 0 Å². The van der Waals surface area contributed by atoms with Gasteiger partial charge in [-0.1, -0.05) is 6.92 Å². The molecular weight excluding hydrogens is 270 g/mol. The molecule has 0 saturated carbocycles. The number of carbonyl (C=O) groups is 1. The van der Waals surface area contributed by atoms with Crippen LogP contribution in [0.2, 0.25) is 0 Å². The van der Waals surface area contributed by atoms with Crippen molar-refractivity contribution in [1.29, 1.82) is 0 Å². The van der Waals surface area contributed by atoms with Gasteiger partial charge >= 0.3 is 0 Å². The summed E-state index contributed by atoms with van der Waals surface area (Å²) >= 11 is 1.89. The van der Waals surface area contributed by atoms with E-state index in [1.807, 2.05) is 11.8 Å². The zero-order chi connectivity index (χ0) is 14.4. The van der Waals surface area contributed by atoms with Gasteiger partial charge < -0.3 is 10.6 Å². The van der Waals surface area contributed by atoms with Crippen molar-refractivity contribution < 1.29 is 4.79 Å². The highest BCUT2D eigenvalue weighted by Crippen LogP contribution is 2.24. The minimum Gasteiger partial charge on any atom is -0.351 e. The van der Waals surface area contributed by atoms with Gasteiger partial charge in [-0.05, 0) is 58.0 Å². The molecule has 5 heteroatoms. The molecule has 2 aliphatic heterocycles. The van der Waals surface area contributed by atoms with Crippen molar-refractivity contribution in [3.05, 3.63) is 0 Å². The second-order valence-electron chi connectivity index (χ2n) is 5.95. The van der Waals surface area contributed by atoms with Crippen molar-refractivity contribution in [1.82, 2.24) is 15.5 Å². The fraction of sp³-hybridized carbons (Fsp3) is 0.933. The van der Waals surface area contributed by atoms with E-state index in [2.05, 4.69) is 29.4 Å². The second kappa shape index (κ2) is 8.25. The molecule has 2 atom stereocenters. The van der Waals surface area contributed by atoms with Gasteiger partial charge in [0.2, 0.25) is 5.91 Å². The fourth-order valence-corrected chi connectivity index (χ4v) is 3.99. The molecule has 0 aromatic rings. The Hall–Kier alpha value is -0.260. The van der Waals surface area contributed by atoms with Gasteiger partial charge in [0.05, 0.1) is 6.04 Å². The van der Waals surface area contributed by atoms with Crippen molar-refractivity contribution in [2.24, 2.45) is 0 Å². The molecule has 2 N–H and O–H groups in total. The monoisotopic (exact) mass is 299 g/mol. The topological polar surface area (TPSA) is 44.4 Å². The summed E-state index contributed by atoms with van der Waals surface area (Å²) in [6.45, 7) is 7.57. The Balaban J connectivity index is 1.84. The number of hydrogen-bond donors (Lipinski definition) is 2. The summed E-state index contributed by atoms with van der Waals surface area (Å²) < 4.78 is 0. The van der Waals surface area contributed by atoms with Crippen LogP contribution in [0.25, 0.3) is 0 Å². The normalized spacial score (nSPS) is 26.6. The molecule has 2 rings (SSSR count). The lowest BCUT2D eigenvalue weighted by Gasteiger charge is -2.35. The molecule has 0 spiro atoms.